The Morgan fingerprint density at radius 3 is 2.50 bits per heavy atom. The van der Waals surface area contributed by atoms with Crippen LogP contribution in [0, 0.1) is 5.92 Å². The van der Waals surface area contributed by atoms with E-state index in [1.807, 2.05) is 18.7 Å². The predicted octanol–water partition coefficient (Wildman–Crippen LogP) is 2.47. The third-order valence-electron chi connectivity index (χ3n) is 5.34. The minimum Gasteiger partial charge on any atom is -0.340 e. The second-order valence-corrected chi connectivity index (χ2v) is 6.37. The largest absolute Gasteiger partial charge is 0.340 e. The van der Waals surface area contributed by atoms with Crippen molar-refractivity contribution in [1.82, 2.24) is 10.2 Å². The van der Waals surface area contributed by atoms with Gasteiger partial charge in [-0.3, -0.25) is 9.59 Å². The van der Waals surface area contributed by atoms with Gasteiger partial charge in [-0.1, -0.05) is 40.0 Å². The van der Waals surface area contributed by atoms with Crippen LogP contribution < -0.4 is 5.32 Å². The van der Waals surface area contributed by atoms with Crippen molar-refractivity contribution in [2.24, 2.45) is 5.92 Å². The summed E-state index contributed by atoms with van der Waals surface area (Å²) >= 11 is 0. The Labute approximate surface area is 122 Å². The smallest absolute Gasteiger partial charge is 0.249 e. The van der Waals surface area contributed by atoms with Crippen LogP contribution in [0.1, 0.15) is 65.7 Å². The Balaban J connectivity index is 2.17. The van der Waals surface area contributed by atoms with Crippen LogP contribution in [0.3, 0.4) is 0 Å². The summed E-state index contributed by atoms with van der Waals surface area (Å²) in [5.74, 6) is 0.861. The number of piperazine rings is 1. The van der Waals surface area contributed by atoms with Crippen molar-refractivity contribution >= 4 is 11.8 Å². The van der Waals surface area contributed by atoms with E-state index in [0.29, 0.717) is 18.8 Å². The van der Waals surface area contributed by atoms with E-state index < -0.39 is 5.54 Å². The molecule has 4 nitrogen and oxygen atoms in total. The molecule has 0 radical (unpaired) electrons. The molecule has 1 N–H and O–H groups in total. The molecule has 1 saturated heterocycles. The highest BCUT2D eigenvalue weighted by molar-refractivity contribution is 5.98. The Hall–Kier alpha value is -1.06. The molecule has 114 valence electrons. The van der Waals surface area contributed by atoms with Gasteiger partial charge in [0.15, 0.2) is 0 Å². The lowest BCUT2D eigenvalue weighted by Gasteiger charge is -2.46. The van der Waals surface area contributed by atoms with Crippen molar-refractivity contribution in [3.8, 4) is 0 Å². The third kappa shape index (κ3) is 2.70. The molecule has 2 aliphatic rings. The van der Waals surface area contributed by atoms with E-state index in [0.717, 1.165) is 12.8 Å². The maximum Gasteiger partial charge on any atom is 0.249 e. The number of carbonyl (C=O) groups excluding carboxylic acids is 2. The predicted molar refractivity (Wildman–Crippen MR) is 79.2 cm³/mol. The molecule has 2 rings (SSSR count). The highest BCUT2D eigenvalue weighted by Crippen LogP contribution is 2.33. The summed E-state index contributed by atoms with van der Waals surface area (Å²) < 4.78 is 0. The molecular formula is C16H28N2O2. The molecule has 2 amide bonds. The number of amides is 2. The van der Waals surface area contributed by atoms with Crippen molar-refractivity contribution in [2.75, 3.05) is 6.54 Å². The van der Waals surface area contributed by atoms with Gasteiger partial charge in [-0.05, 0) is 31.6 Å². The number of nitrogens with one attached hydrogen (secondary N) is 1. The molecule has 2 unspecified atom stereocenters. The summed E-state index contributed by atoms with van der Waals surface area (Å²) in [6, 6.07) is 0.268. The van der Waals surface area contributed by atoms with Gasteiger partial charge in [-0.15, -0.1) is 0 Å². The molecular weight excluding hydrogens is 252 g/mol. The molecule has 0 aromatic carbocycles. The minimum atomic E-state index is -0.658. The zero-order valence-corrected chi connectivity index (χ0v) is 13.1. The fraction of sp³-hybridized carbons (Fsp3) is 0.875. The zero-order valence-electron chi connectivity index (χ0n) is 13.1. The summed E-state index contributed by atoms with van der Waals surface area (Å²) in [5, 5.41) is 2.94. The normalized spacial score (nSPS) is 30.2. The lowest BCUT2D eigenvalue weighted by Crippen LogP contribution is -2.68. The van der Waals surface area contributed by atoms with Crippen LogP contribution in [-0.4, -0.2) is 34.8 Å². The maximum atomic E-state index is 12.9. The average molecular weight is 280 g/mol. The van der Waals surface area contributed by atoms with E-state index >= 15 is 0 Å². The van der Waals surface area contributed by atoms with E-state index in [4.69, 9.17) is 0 Å². The van der Waals surface area contributed by atoms with Crippen LogP contribution in [0.4, 0.5) is 0 Å². The Bertz CT molecular complexity index is 377. The van der Waals surface area contributed by atoms with Crippen molar-refractivity contribution in [3.63, 3.8) is 0 Å². The quantitative estimate of drug-likeness (QED) is 0.860. The van der Waals surface area contributed by atoms with Crippen LogP contribution in [0.2, 0.25) is 0 Å². The van der Waals surface area contributed by atoms with Gasteiger partial charge in [0.1, 0.15) is 5.54 Å². The molecule has 4 heteroatoms. The molecule has 20 heavy (non-hydrogen) atoms. The summed E-state index contributed by atoms with van der Waals surface area (Å²) in [5.41, 5.74) is -0.658. The number of nitrogens with zero attached hydrogens (tertiary/aromatic N) is 1. The van der Waals surface area contributed by atoms with Gasteiger partial charge in [-0.25, -0.2) is 0 Å². The molecule has 1 aliphatic carbocycles. The average Bonchev–Trinajstić information content (AvgIpc) is 2.49. The highest BCUT2D eigenvalue weighted by atomic mass is 16.2. The van der Waals surface area contributed by atoms with Crippen LogP contribution in [0.15, 0.2) is 0 Å². The van der Waals surface area contributed by atoms with Crippen molar-refractivity contribution in [3.05, 3.63) is 0 Å². The Morgan fingerprint density at radius 2 is 1.90 bits per heavy atom. The Kier molecular flexibility index (Phi) is 4.71. The molecule has 0 aromatic rings. The maximum absolute atomic E-state index is 12.9. The summed E-state index contributed by atoms with van der Waals surface area (Å²) in [6.45, 7) is 6.45. The first-order chi connectivity index (χ1) is 9.56. The van der Waals surface area contributed by atoms with Crippen LogP contribution in [-0.2, 0) is 9.59 Å². The molecule has 1 saturated carbocycles. The van der Waals surface area contributed by atoms with Gasteiger partial charge in [0.2, 0.25) is 11.8 Å². The SMILES string of the molecule is CCC1CCCC(N2CC(=O)NC(CC)(CC)C2=O)C1. The monoisotopic (exact) mass is 280 g/mol. The van der Waals surface area contributed by atoms with Gasteiger partial charge in [-0.2, -0.15) is 0 Å². The molecule has 0 aromatic heterocycles. The number of rotatable bonds is 4. The lowest BCUT2D eigenvalue weighted by atomic mass is 9.81. The van der Waals surface area contributed by atoms with Gasteiger partial charge in [0.05, 0.1) is 6.54 Å². The lowest BCUT2D eigenvalue weighted by molar-refractivity contribution is -0.153. The molecule has 0 bridgehead atoms. The Morgan fingerprint density at radius 1 is 1.20 bits per heavy atom. The highest BCUT2D eigenvalue weighted by Gasteiger charge is 2.46. The van der Waals surface area contributed by atoms with Gasteiger partial charge >= 0.3 is 0 Å². The van der Waals surface area contributed by atoms with Crippen LogP contribution in [0.5, 0.6) is 0 Å². The van der Waals surface area contributed by atoms with E-state index in [1.165, 1.54) is 19.3 Å². The number of hydrogen-bond acceptors (Lipinski definition) is 2. The molecule has 1 aliphatic heterocycles. The number of carbonyl (C=O) groups is 2. The molecule has 1 heterocycles. The van der Waals surface area contributed by atoms with Gasteiger partial charge < -0.3 is 10.2 Å². The third-order valence-corrected chi connectivity index (χ3v) is 5.34. The molecule has 0 spiro atoms. The second-order valence-electron chi connectivity index (χ2n) is 6.37. The van der Waals surface area contributed by atoms with E-state index in [-0.39, 0.29) is 24.4 Å². The second kappa shape index (κ2) is 6.15. The fourth-order valence-electron chi connectivity index (χ4n) is 3.80. The van der Waals surface area contributed by atoms with Crippen molar-refractivity contribution in [2.45, 2.75) is 77.3 Å². The first-order valence-electron chi connectivity index (χ1n) is 8.18. The summed E-state index contributed by atoms with van der Waals surface area (Å²) in [7, 11) is 0. The van der Waals surface area contributed by atoms with Crippen molar-refractivity contribution < 1.29 is 9.59 Å². The van der Waals surface area contributed by atoms with Crippen LogP contribution >= 0.6 is 0 Å². The van der Waals surface area contributed by atoms with Gasteiger partial charge in [0, 0.05) is 6.04 Å². The minimum absolute atomic E-state index is 0.00641. The van der Waals surface area contributed by atoms with Crippen LogP contribution in [0.25, 0.3) is 0 Å². The van der Waals surface area contributed by atoms with Crippen molar-refractivity contribution in [1.29, 1.82) is 0 Å². The molecule has 2 fully saturated rings. The fourth-order valence-corrected chi connectivity index (χ4v) is 3.80. The molecule has 2 atom stereocenters. The topological polar surface area (TPSA) is 49.4 Å². The first-order valence-corrected chi connectivity index (χ1v) is 8.18. The van der Waals surface area contributed by atoms with E-state index in [2.05, 4.69) is 12.2 Å². The summed E-state index contributed by atoms with van der Waals surface area (Å²) in [4.78, 5) is 26.8. The summed E-state index contributed by atoms with van der Waals surface area (Å²) in [6.07, 6.45) is 7.10. The zero-order chi connectivity index (χ0) is 14.8. The standard InChI is InChI=1S/C16H28N2O2/c1-4-12-8-7-9-13(10-12)18-11-14(19)17-16(5-2,6-3)15(18)20/h12-13H,4-11H2,1-3H3,(H,17,19). The van der Waals surface area contributed by atoms with E-state index in [9.17, 15) is 9.59 Å². The first kappa shape index (κ1) is 15.3. The van der Waals surface area contributed by atoms with E-state index in [1.54, 1.807) is 0 Å². The number of hydrogen-bond donors (Lipinski definition) is 1. The van der Waals surface area contributed by atoms with Gasteiger partial charge in [0.25, 0.3) is 0 Å².